The van der Waals surface area contributed by atoms with E-state index in [4.69, 9.17) is 4.74 Å². The van der Waals surface area contributed by atoms with E-state index in [1.165, 1.54) is 12.1 Å². The highest BCUT2D eigenvalue weighted by atomic mass is 19.1. The minimum absolute atomic E-state index is 0.0783. The van der Waals surface area contributed by atoms with Gasteiger partial charge in [0.2, 0.25) is 5.91 Å². The smallest absolute Gasteiger partial charge is 0.220 e. The highest BCUT2D eigenvalue weighted by Crippen LogP contribution is 2.35. The molecule has 2 N–H and O–H groups in total. The van der Waals surface area contributed by atoms with Gasteiger partial charge in [0.25, 0.3) is 0 Å². The number of benzene rings is 2. The number of rotatable bonds is 8. The first-order valence-electron chi connectivity index (χ1n) is 11.2. The van der Waals surface area contributed by atoms with Crippen LogP contribution in [-0.4, -0.2) is 55.2 Å². The Bertz CT molecular complexity index is 1080. The lowest BCUT2D eigenvalue weighted by Crippen LogP contribution is -2.41. The number of morpholine rings is 1. The summed E-state index contributed by atoms with van der Waals surface area (Å²) in [6.07, 6.45) is 2.78. The summed E-state index contributed by atoms with van der Waals surface area (Å²) < 4.78 is 33.7. The van der Waals surface area contributed by atoms with Crippen LogP contribution in [0, 0.1) is 11.6 Å². The maximum atomic E-state index is 14.8. The van der Waals surface area contributed by atoms with E-state index in [-0.39, 0.29) is 12.3 Å². The van der Waals surface area contributed by atoms with E-state index in [0.717, 1.165) is 54.2 Å². The molecule has 32 heavy (non-hydrogen) atoms. The summed E-state index contributed by atoms with van der Waals surface area (Å²) in [4.78, 5) is 18.4. The molecule has 5 nitrogen and oxygen atoms in total. The van der Waals surface area contributed by atoms with E-state index in [9.17, 15) is 13.6 Å². The van der Waals surface area contributed by atoms with E-state index in [2.05, 4.69) is 28.2 Å². The van der Waals surface area contributed by atoms with Crippen molar-refractivity contribution in [1.29, 1.82) is 0 Å². The topological polar surface area (TPSA) is 57.4 Å². The van der Waals surface area contributed by atoms with Crippen molar-refractivity contribution in [2.24, 2.45) is 0 Å². The molecule has 1 atom stereocenters. The van der Waals surface area contributed by atoms with Gasteiger partial charge in [-0.15, -0.1) is 0 Å². The predicted octanol–water partition coefficient (Wildman–Crippen LogP) is 3.98. The number of para-hydroxylation sites is 1. The molecule has 2 heterocycles. The largest absolute Gasteiger partial charge is 0.379 e. The van der Waals surface area contributed by atoms with Crippen molar-refractivity contribution < 1.29 is 18.3 Å². The number of amides is 1. The van der Waals surface area contributed by atoms with Crippen LogP contribution >= 0.6 is 0 Å². The van der Waals surface area contributed by atoms with Crippen LogP contribution in [0.15, 0.2) is 42.6 Å². The summed E-state index contributed by atoms with van der Waals surface area (Å²) in [7, 11) is 0. The van der Waals surface area contributed by atoms with Gasteiger partial charge in [-0.2, -0.15) is 0 Å². The molecule has 1 aromatic heterocycles. The predicted molar refractivity (Wildman–Crippen MR) is 121 cm³/mol. The molecule has 1 aliphatic heterocycles. The molecule has 1 aliphatic rings. The molecule has 3 aromatic rings. The molecule has 0 radical (unpaired) electrons. The highest BCUT2D eigenvalue weighted by Gasteiger charge is 2.25. The fraction of sp³-hybridized carbons (Fsp3) is 0.400. The van der Waals surface area contributed by atoms with Crippen LogP contribution in [0.2, 0.25) is 0 Å². The van der Waals surface area contributed by atoms with Crippen LogP contribution in [0.1, 0.15) is 36.0 Å². The molecule has 2 aromatic carbocycles. The highest BCUT2D eigenvalue weighted by molar-refractivity contribution is 5.88. The normalized spacial score (nSPS) is 15.7. The van der Waals surface area contributed by atoms with Gasteiger partial charge in [-0.05, 0) is 29.2 Å². The van der Waals surface area contributed by atoms with Gasteiger partial charge in [-0.25, -0.2) is 8.78 Å². The van der Waals surface area contributed by atoms with E-state index >= 15 is 0 Å². The van der Waals surface area contributed by atoms with E-state index in [1.54, 1.807) is 0 Å². The molecule has 1 fully saturated rings. The van der Waals surface area contributed by atoms with Crippen LogP contribution in [0.25, 0.3) is 10.9 Å². The lowest BCUT2D eigenvalue weighted by Gasteiger charge is -2.26. The second kappa shape index (κ2) is 10.2. The quantitative estimate of drug-likeness (QED) is 0.556. The average molecular weight is 442 g/mol. The lowest BCUT2D eigenvalue weighted by molar-refractivity contribution is -0.121. The first-order chi connectivity index (χ1) is 15.6. The number of fused-ring (bicyclic) bond motifs is 1. The van der Waals surface area contributed by atoms with Crippen molar-refractivity contribution in [1.82, 2.24) is 15.2 Å². The van der Waals surface area contributed by atoms with Crippen molar-refractivity contribution in [3.8, 4) is 0 Å². The lowest BCUT2D eigenvalue weighted by atomic mass is 9.87. The maximum absolute atomic E-state index is 14.8. The summed E-state index contributed by atoms with van der Waals surface area (Å²) in [5.74, 6) is -1.96. The molecular formula is C25H29F2N3O2. The number of aromatic nitrogens is 1. The zero-order valence-corrected chi connectivity index (χ0v) is 18.3. The number of aromatic amines is 1. The fourth-order valence-electron chi connectivity index (χ4n) is 4.43. The number of aryl methyl sites for hydroxylation is 1. The van der Waals surface area contributed by atoms with Gasteiger partial charge in [0.1, 0.15) is 11.6 Å². The summed E-state index contributed by atoms with van der Waals surface area (Å²) >= 11 is 0. The monoisotopic (exact) mass is 441 g/mol. The first kappa shape index (κ1) is 22.4. The molecular weight excluding hydrogens is 412 g/mol. The van der Waals surface area contributed by atoms with Crippen LogP contribution in [0.4, 0.5) is 8.78 Å². The van der Waals surface area contributed by atoms with E-state index in [1.807, 2.05) is 18.3 Å². The number of hydrogen-bond donors (Lipinski definition) is 2. The number of nitrogens with one attached hydrogen (secondary N) is 2. The first-order valence-corrected chi connectivity index (χ1v) is 11.2. The minimum Gasteiger partial charge on any atom is -0.379 e. The third-order valence-electron chi connectivity index (χ3n) is 6.17. The van der Waals surface area contributed by atoms with Crippen LogP contribution in [-0.2, 0) is 16.0 Å². The number of halogens is 2. The Labute approximate surface area is 186 Å². The van der Waals surface area contributed by atoms with Crippen LogP contribution < -0.4 is 5.32 Å². The molecule has 0 spiro atoms. The molecule has 4 rings (SSSR count). The average Bonchev–Trinajstić information content (AvgIpc) is 3.23. The van der Waals surface area contributed by atoms with Crippen molar-refractivity contribution in [3.63, 3.8) is 0 Å². The number of carbonyl (C=O) groups is 1. The molecule has 7 heteroatoms. The van der Waals surface area contributed by atoms with Crippen LogP contribution in [0.5, 0.6) is 0 Å². The molecule has 0 saturated carbocycles. The van der Waals surface area contributed by atoms with Crippen molar-refractivity contribution in [2.45, 2.75) is 25.7 Å². The number of ether oxygens (including phenoxy) is 1. The third-order valence-corrected chi connectivity index (χ3v) is 6.17. The molecule has 1 amide bonds. The molecule has 0 bridgehead atoms. The Hall–Kier alpha value is -2.77. The van der Waals surface area contributed by atoms with Crippen molar-refractivity contribution >= 4 is 16.8 Å². The fourth-order valence-corrected chi connectivity index (χ4v) is 4.43. The van der Waals surface area contributed by atoms with Gasteiger partial charge in [0, 0.05) is 61.7 Å². The number of nitrogens with zero attached hydrogens (tertiary/aromatic N) is 1. The van der Waals surface area contributed by atoms with E-state index in [0.29, 0.717) is 25.3 Å². The van der Waals surface area contributed by atoms with Gasteiger partial charge in [-0.3, -0.25) is 9.69 Å². The van der Waals surface area contributed by atoms with Gasteiger partial charge in [-0.1, -0.05) is 31.2 Å². The van der Waals surface area contributed by atoms with Gasteiger partial charge in [0.15, 0.2) is 0 Å². The summed E-state index contributed by atoms with van der Waals surface area (Å²) in [5, 5.41) is 3.92. The van der Waals surface area contributed by atoms with Crippen molar-refractivity contribution in [2.75, 3.05) is 39.4 Å². The Kier molecular flexibility index (Phi) is 7.17. The Morgan fingerprint density at radius 3 is 2.75 bits per heavy atom. The molecule has 1 saturated heterocycles. The summed E-state index contributed by atoms with van der Waals surface area (Å²) in [6.45, 7) is 6.47. The maximum Gasteiger partial charge on any atom is 0.220 e. The summed E-state index contributed by atoms with van der Waals surface area (Å²) in [6, 6.07) is 9.57. The Balaban J connectivity index is 1.57. The SMILES string of the molecule is CCc1cccc2c(C(CC(=O)NCCN3CCOCC3)c3ccc(F)cc3F)c[nH]c12. The van der Waals surface area contributed by atoms with Crippen LogP contribution in [0.3, 0.4) is 0 Å². The second-order valence-corrected chi connectivity index (χ2v) is 8.16. The number of hydrogen-bond acceptors (Lipinski definition) is 3. The number of carbonyl (C=O) groups excluding carboxylic acids is 1. The molecule has 0 aliphatic carbocycles. The standard InChI is InChI=1S/C25H29F2N3O2/c1-2-17-4-3-5-20-22(16-29-25(17)20)21(19-7-6-18(26)14-23(19)27)15-24(31)28-8-9-30-10-12-32-13-11-30/h3-7,14,16,21,29H,2,8-13,15H2,1H3,(H,28,31). The summed E-state index contributed by atoms with van der Waals surface area (Å²) in [5.41, 5.74) is 3.30. The zero-order chi connectivity index (χ0) is 22.5. The third kappa shape index (κ3) is 5.00. The number of H-pyrrole nitrogens is 1. The Morgan fingerprint density at radius 1 is 1.19 bits per heavy atom. The Morgan fingerprint density at radius 2 is 2.00 bits per heavy atom. The van der Waals surface area contributed by atoms with Gasteiger partial charge < -0.3 is 15.0 Å². The van der Waals surface area contributed by atoms with Crippen molar-refractivity contribution in [3.05, 3.63) is 70.9 Å². The molecule has 1 unspecified atom stereocenters. The van der Waals surface area contributed by atoms with E-state index < -0.39 is 17.6 Å². The molecule has 170 valence electrons. The zero-order valence-electron chi connectivity index (χ0n) is 18.3. The minimum atomic E-state index is -0.642. The second-order valence-electron chi connectivity index (χ2n) is 8.16. The van der Waals surface area contributed by atoms with Gasteiger partial charge in [0.05, 0.1) is 13.2 Å². The van der Waals surface area contributed by atoms with Gasteiger partial charge >= 0.3 is 0 Å².